The summed E-state index contributed by atoms with van der Waals surface area (Å²) in [5.41, 5.74) is 3.16. The SMILES string of the molecule is C[C@@H]1C[C@H]2C(=O)O[C@@H](C)[C@H](NC(=O)[C@H](Cc3cc(F)cc(F)c3)NC(=O)Cc3ccc4c(c3)CCC4)C(=O)N3CCC[C@H]3C(=O)N3CCCC[C@H]3C(=O)N[C@@H](C)C(=O)N2C1. The van der Waals surface area contributed by atoms with Gasteiger partial charge in [0.1, 0.15) is 54.0 Å². The number of carbonyl (C=O) groups excluding carboxylic acids is 7. The van der Waals surface area contributed by atoms with E-state index in [1.807, 2.05) is 25.1 Å². The van der Waals surface area contributed by atoms with Crippen LogP contribution in [0.25, 0.3) is 0 Å². The molecule has 322 valence electrons. The molecule has 0 bridgehead atoms. The highest BCUT2D eigenvalue weighted by Gasteiger charge is 2.47. The third-order valence-electron chi connectivity index (χ3n) is 12.6. The number of nitrogens with one attached hydrogen (secondary N) is 3. The second kappa shape index (κ2) is 18.1. The van der Waals surface area contributed by atoms with Gasteiger partial charge < -0.3 is 35.4 Å². The molecule has 3 N–H and O–H groups in total. The van der Waals surface area contributed by atoms with Crippen LogP contribution in [0.3, 0.4) is 0 Å². The van der Waals surface area contributed by atoms with Crippen LogP contribution in [0.5, 0.6) is 0 Å². The minimum Gasteiger partial charge on any atom is -0.458 e. The van der Waals surface area contributed by atoms with Crippen LogP contribution in [0.1, 0.15) is 88.0 Å². The van der Waals surface area contributed by atoms with Gasteiger partial charge in [0.05, 0.1) is 6.42 Å². The number of amides is 6. The molecule has 0 saturated carbocycles. The van der Waals surface area contributed by atoms with E-state index in [4.69, 9.17) is 4.74 Å². The van der Waals surface area contributed by atoms with Crippen LogP contribution in [0.15, 0.2) is 36.4 Å². The fourth-order valence-electron chi connectivity index (χ4n) is 9.56. The number of hydrogen-bond donors (Lipinski definition) is 3. The minimum atomic E-state index is -1.59. The van der Waals surface area contributed by atoms with Crippen molar-refractivity contribution < 1.29 is 47.1 Å². The first-order valence-corrected chi connectivity index (χ1v) is 21.2. The van der Waals surface area contributed by atoms with Crippen molar-refractivity contribution in [2.24, 2.45) is 5.92 Å². The standard InChI is InChI=1S/C44H54F2N6O8/c1-24-16-36-44(59)60-26(3)38(43(58)51-15-7-11-35(51)42(57)50-14-5-4-10-34(50)40(55)47-25(2)41(56)52(36)23-24)49-39(54)33(20-28-18-31(45)22-32(46)19-28)48-37(53)21-27-12-13-29-8-6-9-30(29)17-27/h12-13,17-19,22,24-26,33-36,38H,4-11,14-16,20-21,23H2,1-3H3,(H,47,55)(H,48,53)(H,49,54)/t24-,25+,26+,33+,34+,35+,36+,38+/m1/s1. The van der Waals surface area contributed by atoms with Crippen molar-refractivity contribution in [3.05, 3.63) is 70.3 Å². The third kappa shape index (κ3) is 9.31. The maximum Gasteiger partial charge on any atom is 0.329 e. The molecule has 60 heavy (non-hydrogen) atoms. The number of cyclic esters (lactones) is 1. The lowest BCUT2D eigenvalue weighted by Crippen LogP contribution is -2.63. The van der Waals surface area contributed by atoms with E-state index in [-0.39, 0.29) is 56.8 Å². The number of carbonyl (C=O) groups is 7. The first-order valence-electron chi connectivity index (χ1n) is 21.2. The van der Waals surface area contributed by atoms with Crippen LogP contribution < -0.4 is 16.0 Å². The van der Waals surface area contributed by atoms with Crippen molar-refractivity contribution in [3.63, 3.8) is 0 Å². The quantitative estimate of drug-likeness (QED) is 0.357. The predicted octanol–water partition coefficient (Wildman–Crippen LogP) is 2.27. The highest BCUT2D eigenvalue weighted by molar-refractivity contribution is 5.98. The van der Waals surface area contributed by atoms with Crippen molar-refractivity contribution in [2.75, 3.05) is 19.6 Å². The van der Waals surface area contributed by atoms with Gasteiger partial charge in [0.15, 0.2) is 0 Å². The molecule has 4 saturated heterocycles. The van der Waals surface area contributed by atoms with Gasteiger partial charge in [-0.25, -0.2) is 13.6 Å². The molecule has 2 aromatic rings. The fourth-order valence-corrected chi connectivity index (χ4v) is 9.56. The number of ether oxygens (including phenoxy) is 1. The van der Waals surface area contributed by atoms with Crippen LogP contribution in [0.2, 0.25) is 0 Å². The fraction of sp³-hybridized carbons (Fsp3) is 0.568. The Bertz CT molecular complexity index is 2030. The molecule has 8 atom stereocenters. The van der Waals surface area contributed by atoms with Crippen molar-refractivity contribution in [1.82, 2.24) is 30.7 Å². The van der Waals surface area contributed by atoms with E-state index in [9.17, 15) is 42.3 Å². The summed E-state index contributed by atoms with van der Waals surface area (Å²) in [7, 11) is 0. The van der Waals surface area contributed by atoms with Crippen LogP contribution >= 0.6 is 0 Å². The van der Waals surface area contributed by atoms with E-state index in [1.165, 1.54) is 34.1 Å². The molecule has 1 aliphatic carbocycles. The highest BCUT2D eigenvalue weighted by Crippen LogP contribution is 2.29. The zero-order chi connectivity index (χ0) is 42.8. The second-order valence-corrected chi connectivity index (χ2v) is 17.2. The van der Waals surface area contributed by atoms with E-state index in [1.54, 1.807) is 0 Å². The summed E-state index contributed by atoms with van der Waals surface area (Å²) in [4.78, 5) is 103. The van der Waals surface area contributed by atoms with Crippen LogP contribution in [-0.2, 0) is 64.0 Å². The van der Waals surface area contributed by atoms with Crippen molar-refractivity contribution >= 4 is 41.4 Å². The number of benzene rings is 2. The number of hydrogen-bond acceptors (Lipinski definition) is 8. The van der Waals surface area contributed by atoms with Gasteiger partial charge in [-0.2, -0.15) is 0 Å². The van der Waals surface area contributed by atoms with Gasteiger partial charge in [-0.15, -0.1) is 0 Å². The Labute approximate surface area is 348 Å². The largest absolute Gasteiger partial charge is 0.458 e. The summed E-state index contributed by atoms with van der Waals surface area (Å²) < 4.78 is 34.7. The maximum atomic E-state index is 14.8. The minimum absolute atomic E-state index is 0.0638. The van der Waals surface area contributed by atoms with E-state index in [0.29, 0.717) is 31.7 Å². The van der Waals surface area contributed by atoms with Gasteiger partial charge in [-0.1, -0.05) is 25.1 Å². The second-order valence-electron chi connectivity index (χ2n) is 17.2. The molecule has 4 fully saturated rings. The molecule has 0 unspecified atom stereocenters. The smallest absolute Gasteiger partial charge is 0.329 e. The molecule has 0 radical (unpaired) electrons. The van der Waals surface area contributed by atoms with E-state index in [0.717, 1.165) is 42.5 Å². The monoisotopic (exact) mass is 832 g/mol. The number of aryl methyl sites for hydroxylation is 2. The lowest BCUT2D eigenvalue weighted by Gasteiger charge is -2.39. The number of piperidine rings is 1. The lowest BCUT2D eigenvalue weighted by molar-refractivity contribution is -0.163. The molecule has 7 rings (SSSR count). The highest BCUT2D eigenvalue weighted by atomic mass is 19.1. The molecule has 0 aromatic heterocycles. The maximum absolute atomic E-state index is 14.8. The van der Waals surface area contributed by atoms with E-state index < -0.39 is 95.4 Å². The molecule has 2 aromatic carbocycles. The zero-order valence-electron chi connectivity index (χ0n) is 34.3. The molecule has 16 heteroatoms. The normalized spacial score (nSPS) is 28.0. The first-order chi connectivity index (χ1) is 28.7. The topological polar surface area (TPSA) is 175 Å². The van der Waals surface area contributed by atoms with E-state index >= 15 is 0 Å². The molecule has 4 aliphatic heterocycles. The molecular formula is C44H54F2N6O8. The molecule has 5 aliphatic rings. The number of fused-ring (bicyclic) bond motifs is 4. The average Bonchev–Trinajstić information content (AvgIpc) is 3.98. The van der Waals surface area contributed by atoms with Gasteiger partial charge in [-0.05, 0) is 112 Å². The first kappa shape index (κ1) is 42.7. The lowest BCUT2D eigenvalue weighted by atomic mass is 9.99. The Balaban J connectivity index is 1.20. The van der Waals surface area contributed by atoms with Gasteiger partial charge in [0.25, 0.3) is 0 Å². The summed E-state index contributed by atoms with van der Waals surface area (Å²) in [6.07, 6.45) is 3.72. The molecule has 6 amide bonds. The Morgan fingerprint density at radius 1 is 0.783 bits per heavy atom. The average molecular weight is 833 g/mol. The number of rotatable bonds is 7. The van der Waals surface area contributed by atoms with Gasteiger partial charge >= 0.3 is 5.97 Å². The summed E-state index contributed by atoms with van der Waals surface area (Å²) in [6, 6.07) is 1.59. The molecule has 4 heterocycles. The van der Waals surface area contributed by atoms with Crippen molar-refractivity contribution in [2.45, 2.75) is 134 Å². The number of halogens is 2. The predicted molar refractivity (Wildman–Crippen MR) is 213 cm³/mol. The Morgan fingerprint density at radius 2 is 1.48 bits per heavy atom. The Morgan fingerprint density at radius 3 is 2.25 bits per heavy atom. The van der Waals surface area contributed by atoms with Crippen LogP contribution in [-0.4, -0.2) is 118 Å². The third-order valence-corrected chi connectivity index (χ3v) is 12.6. The van der Waals surface area contributed by atoms with Gasteiger partial charge in [-0.3, -0.25) is 28.8 Å². The molecular weight excluding hydrogens is 779 g/mol. The van der Waals surface area contributed by atoms with Crippen molar-refractivity contribution in [3.8, 4) is 0 Å². The summed E-state index contributed by atoms with van der Waals surface area (Å²) in [5, 5.41) is 8.17. The Kier molecular flexibility index (Phi) is 12.9. The van der Waals surface area contributed by atoms with Crippen LogP contribution in [0, 0.1) is 17.6 Å². The molecule has 0 spiro atoms. The van der Waals surface area contributed by atoms with Gasteiger partial charge in [0, 0.05) is 32.1 Å². The summed E-state index contributed by atoms with van der Waals surface area (Å²) >= 11 is 0. The zero-order valence-corrected chi connectivity index (χ0v) is 34.3. The van der Waals surface area contributed by atoms with E-state index in [2.05, 4.69) is 16.0 Å². The van der Waals surface area contributed by atoms with Crippen LogP contribution in [0.4, 0.5) is 8.78 Å². The molecule has 14 nitrogen and oxygen atoms in total. The van der Waals surface area contributed by atoms with Gasteiger partial charge in [0.2, 0.25) is 35.4 Å². The number of nitrogens with zero attached hydrogens (tertiary/aromatic N) is 3. The number of esters is 1. The summed E-state index contributed by atoms with van der Waals surface area (Å²) in [5.74, 6) is -6.31. The van der Waals surface area contributed by atoms with Crippen molar-refractivity contribution in [1.29, 1.82) is 0 Å². The Hall–Kier alpha value is -5.41. The summed E-state index contributed by atoms with van der Waals surface area (Å²) in [6.45, 7) is 5.45.